The largest absolute Gasteiger partial charge is 0.347 e. The quantitative estimate of drug-likeness (QED) is 0.813. The molecule has 0 aliphatic rings. The summed E-state index contributed by atoms with van der Waals surface area (Å²) in [6.45, 7) is 6.57. The molecule has 0 radical (unpaired) electrons. The second-order valence-electron chi connectivity index (χ2n) is 4.59. The van der Waals surface area contributed by atoms with Crippen LogP contribution < -0.4 is 11.1 Å². The summed E-state index contributed by atoms with van der Waals surface area (Å²) in [4.78, 5) is 4.39. The number of fused-ring (bicyclic) bond motifs is 1. The van der Waals surface area contributed by atoms with Crippen molar-refractivity contribution in [3.05, 3.63) is 23.9 Å². The Hall–Kier alpha value is -1.62. The second-order valence-corrected chi connectivity index (χ2v) is 4.59. The summed E-state index contributed by atoms with van der Waals surface area (Å²) in [5.41, 5.74) is 7.36. The van der Waals surface area contributed by atoms with Gasteiger partial charge in [-0.25, -0.2) is 4.52 Å². The van der Waals surface area contributed by atoms with Gasteiger partial charge in [-0.2, -0.15) is 4.98 Å². The lowest BCUT2D eigenvalue weighted by Gasteiger charge is -2.22. The Bertz CT molecular complexity index is 500. The molecule has 0 aliphatic carbocycles. The number of rotatable bonds is 3. The van der Waals surface area contributed by atoms with Crippen LogP contribution in [0.1, 0.15) is 19.5 Å². The molecule has 0 unspecified atom stereocenters. The lowest BCUT2D eigenvalue weighted by atomic mass is 10.1. The molecule has 0 aliphatic heterocycles. The van der Waals surface area contributed by atoms with Crippen molar-refractivity contribution in [1.82, 2.24) is 14.6 Å². The molecule has 0 saturated heterocycles. The summed E-state index contributed by atoms with van der Waals surface area (Å²) in [5, 5.41) is 7.60. The van der Waals surface area contributed by atoms with E-state index >= 15 is 0 Å². The summed E-state index contributed by atoms with van der Waals surface area (Å²) < 4.78 is 1.81. The van der Waals surface area contributed by atoms with Crippen molar-refractivity contribution in [3.8, 4) is 0 Å². The van der Waals surface area contributed by atoms with Crippen LogP contribution in [-0.2, 0) is 0 Å². The first-order chi connectivity index (χ1) is 7.52. The molecular formula is C11H17N5. The molecule has 2 aromatic rings. The Labute approximate surface area is 94.7 Å². The molecule has 5 nitrogen and oxygen atoms in total. The highest BCUT2D eigenvalue weighted by molar-refractivity contribution is 5.45. The molecule has 0 fully saturated rings. The molecule has 0 aromatic carbocycles. The van der Waals surface area contributed by atoms with E-state index in [-0.39, 0.29) is 5.54 Å². The van der Waals surface area contributed by atoms with Gasteiger partial charge >= 0.3 is 0 Å². The molecule has 0 saturated carbocycles. The number of hydrogen-bond acceptors (Lipinski definition) is 4. The summed E-state index contributed by atoms with van der Waals surface area (Å²) in [5.74, 6) is 0.616. The van der Waals surface area contributed by atoms with Gasteiger partial charge in [0.1, 0.15) is 0 Å². The molecule has 0 bridgehead atoms. The third-order valence-corrected chi connectivity index (χ3v) is 2.51. The minimum absolute atomic E-state index is 0.196. The third kappa shape index (κ3) is 1.99. The van der Waals surface area contributed by atoms with Crippen LogP contribution in [0.15, 0.2) is 18.2 Å². The van der Waals surface area contributed by atoms with Crippen LogP contribution in [0, 0.1) is 6.92 Å². The number of aryl methyl sites for hydroxylation is 1. The number of pyridine rings is 1. The predicted molar refractivity (Wildman–Crippen MR) is 64.5 cm³/mol. The van der Waals surface area contributed by atoms with Crippen molar-refractivity contribution in [2.24, 2.45) is 5.73 Å². The van der Waals surface area contributed by atoms with Crippen molar-refractivity contribution in [1.29, 1.82) is 0 Å². The number of aromatic nitrogens is 3. The van der Waals surface area contributed by atoms with Crippen LogP contribution in [0.4, 0.5) is 5.95 Å². The Morgan fingerprint density at radius 1 is 1.44 bits per heavy atom. The van der Waals surface area contributed by atoms with Gasteiger partial charge < -0.3 is 11.1 Å². The Balaban J connectivity index is 2.37. The third-order valence-electron chi connectivity index (χ3n) is 2.51. The fourth-order valence-electron chi connectivity index (χ4n) is 1.44. The average molecular weight is 219 g/mol. The van der Waals surface area contributed by atoms with E-state index in [1.54, 1.807) is 0 Å². The van der Waals surface area contributed by atoms with E-state index in [1.807, 2.05) is 43.5 Å². The van der Waals surface area contributed by atoms with E-state index in [0.717, 1.165) is 11.3 Å². The summed E-state index contributed by atoms with van der Waals surface area (Å²) in [7, 11) is 0. The molecule has 2 aromatic heterocycles. The molecule has 0 atom stereocenters. The highest BCUT2D eigenvalue weighted by atomic mass is 15.4. The molecule has 5 heteroatoms. The maximum absolute atomic E-state index is 5.65. The topological polar surface area (TPSA) is 68.2 Å². The van der Waals surface area contributed by atoms with E-state index in [1.165, 1.54) is 0 Å². The minimum atomic E-state index is -0.196. The van der Waals surface area contributed by atoms with Gasteiger partial charge in [0.15, 0.2) is 5.65 Å². The Morgan fingerprint density at radius 3 is 2.81 bits per heavy atom. The molecule has 16 heavy (non-hydrogen) atoms. The maximum atomic E-state index is 5.65. The molecule has 2 rings (SSSR count). The van der Waals surface area contributed by atoms with Gasteiger partial charge in [0.25, 0.3) is 0 Å². The zero-order valence-electron chi connectivity index (χ0n) is 9.86. The van der Waals surface area contributed by atoms with Gasteiger partial charge in [0.05, 0.1) is 0 Å². The van der Waals surface area contributed by atoms with Gasteiger partial charge in [-0.15, -0.1) is 5.10 Å². The van der Waals surface area contributed by atoms with E-state index in [4.69, 9.17) is 5.73 Å². The lowest BCUT2D eigenvalue weighted by Crippen LogP contribution is -2.39. The van der Waals surface area contributed by atoms with Gasteiger partial charge in [-0.3, -0.25) is 0 Å². The molecule has 0 amide bonds. The monoisotopic (exact) mass is 219 g/mol. The van der Waals surface area contributed by atoms with Crippen molar-refractivity contribution in [2.75, 3.05) is 11.9 Å². The number of nitrogens with one attached hydrogen (secondary N) is 1. The Morgan fingerprint density at radius 2 is 2.19 bits per heavy atom. The van der Waals surface area contributed by atoms with Gasteiger partial charge in [-0.1, -0.05) is 6.07 Å². The van der Waals surface area contributed by atoms with Gasteiger partial charge in [0.2, 0.25) is 5.95 Å². The van der Waals surface area contributed by atoms with Crippen LogP contribution in [0.5, 0.6) is 0 Å². The highest BCUT2D eigenvalue weighted by Gasteiger charge is 2.17. The first kappa shape index (κ1) is 10.9. The van der Waals surface area contributed by atoms with E-state index < -0.39 is 0 Å². The van der Waals surface area contributed by atoms with Crippen LogP contribution >= 0.6 is 0 Å². The van der Waals surface area contributed by atoms with Crippen LogP contribution in [0.25, 0.3) is 5.65 Å². The van der Waals surface area contributed by atoms with E-state index in [0.29, 0.717) is 12.5 Å². The zero-order chi connectivity index (χ0) is 11.8. The zero-order valence-corrected chi connectivity index (χ0v) is 9.86. The van der Waals surface area contributed by atoms with Crippen LogP contribution in [0.2, 0.25) is 0 Å². The van der Waals surface area contributed by atoms with E-state index in [2.05, 4.69) is 15.4 Å². The molecule has 3 N–H and O–H groups in total. The van der Waals surface area contributed by atoms with E-state index in [9.17, 15) is 0 Å². The molecule has 2 heterocycles. The SMILES string of the molecule is Cc1cccc2nc(NC(C)(C)CN)nn12. The van der Waals surface area contributed by atoms with Gasteiger partial charge in [0, 0.05) is 17.8 Å². The molecule has 86 valence electrons. The van der Waals surface area contributed by atoms with Crippen molar-refractivity contribution in [3.63, 3.8) is 0 Å². The van der Waals surface area contributed by atoms with Crippen LogP contribution in [0.3, 0.4) is 0 Å². The second kappa shape index (κ2) is 3.75. The number of nitrogens with zero attached hydrogens (tertiary/aromatic N) is 3. The number of anilines is 1. The fraction of sp³-hybridized carbons (Fsp3) is 0.455. The minimum Gasteiger partial charge on any atom is -0.347 e. The summed E-state index contributed by atoms with van der Waals surface area (Å²) in [6.07, 6.45) is 0. The Kier molecular flexibility index (Phi) is 2.55. The lowest BCUT2D eigenvalue weighted by molar-refractivity contribution is 0.574. The number of hydrogen-bond donors (Lipinski definition) is 2. The van der Waals surface area contributed by atoms with Crippen molar-refractivity contribution < 1.29 is 0 Å². The first-order valence-electron chi connectivity index (χ1n) is 5.32. The fourth-order valence-corrected chi connectivity index (χ4v) is 1.44. The van der Waals surface area contributed by atoms with Crippen molar-refractivity contribution >= 4 is 11.6 Å². The summed E-state index contributed by atoms with van der Waals surface area (Å²) >= 11 is 0. The number of nitrogens with two attached hydrogens (primary N) is 1. The maximum Gasteiger partial charge on any atom is 0.243 e. The smallest absolute Gasteiger partial charge is 0.243 e. The molecular weight excluding hydrogens is 202 g/mol. The van der Waals surface area contributed by atoms with Crippen molar-refractivity contribution in [2.45, 2.75) is 26.3 Å². The first-order valence-corrected chi connectivity index (χ1v) is 5.32. The van der Waals surface area contributed by atoms with Gasteiger partial charge in [-0.05, 0) is 32.9 Å². The average Bonchev–Trinajstić information content (AvgIpc) is 2.61. The summed E-state index contributed by atoms with van der Waals surface area (Å²) in [6, 6.07) is 5.90. The molecule has 0 spiro atoms. The predicted octanol–water partition coefficient (Wildman–Crippen LogP) is 1.19. The highest BCUT2D eigenvalue weighted by Crippen LogP contribution is 2.12. The van der Waals surface area contributed by atoms with Crippen LogP contribution in [-0.4, -0.2) is 26.7 Å². The normalized spacial score (nSPS) is 12.0. The standard InChI is InChI=1S/C11H17N5/c1-8-5-4-6-9-13-10(15-16(8)9)14-11(2,3)7-12/h4-6H,7,12H2,1-3H3,(H,14,15).